The van der Waals surface area contributed by atoms with Gasteiger partial charge in [0, 0.05) is 6.04 Å². The predicted octanol–water partition coefficient (Wildman–Crippen LogP) is 1.42. The van der Waals surface area contributed by atoms with Crippen molar-refractivity contribution in [3.8, 4) is 0 Å². The van der Waals surface area contributed by atoms with Crippen LogP contribution in [0.5, 0.6) is 0 Å². The highest BCUT2D eigenvalue weighted by Crippen LogP contribution is 2.20. The second-order valence-electron chi connectivity index (χ2n) is 4.21. The Morgan fingerprint density at radius 1 is 0.923 bits per heavy atom. The highest BCUT2D eigenvalue weighted by Gasteiger charge is 2.21. The van der Waals surface area contributed by atoms with Crippen LogP contribution in [0, 0.1) is 0 Å². The third-order valence-electron chi connectivity index (χ3n) is 3.20. The van der Waals surface area contributed by atoms with Crippen LogP contribution >= 0.6 is 0 Å². The molecule has 1 saturated heterocycles. The highest BCUT2D eigenvalue weighted by molar-refractivity contribution is 4.73. The minimum absolute atomic E-state index is 0.787. The molecule has 3 nitrogen and oxygen atoms in total. The molecule has 3 heteroatoms. The molecule has 2 fully saturated rings. The quantitative estimate of drug-likeness (QED) is 0.644. The maximum absolute atomic E-state index is 3.40. The highest BCUT2D eigenvalue weighted by atomic mass is 15.6. The molecule has 0 amide bonds. The van der Waals surface area contributed by atoms with Crippen LogP contribution in [0.15, 0.2) is 0 Å². The van der Waals surface area contributed by atoms with Crippen molar-refractivity contribution in [3.05, 3.63) is 0 Å². The standard InChI is InChI=1S/C10H21N3/c1-2-4-6-10(7-5-3-1)13-9-11-8-12-13/h10-12H,1-9H2. The van der Waals surface area contributed by atoms with Gasteiger partial charge in [0.15, 0.2) is 0 Å². The second-order valence-corrected chi connectivity index (χ2v) is 4.21. The third kappa shape index (κ3) is 2.66. The van der Waals surface area contributed by atoms with Crippen molar-refractivity contribution in [2.75, 3.05) is 13.3 Å². The van der Waals surface area contributed by atoms with Crippen LogP contribution in [-0.2, 0) is 0 Å². The van der Waals surface area contributed by atoms with Gasteiger partial charge >= 0.3 is 0 Å². The number of nitrogens with one attached hydrogen (secondary N) is 2. The average molecular weight is 183 g/mol. The Balaban J connectivity index is 1.80. The molecule has 13 heavy (non-hydrogen) atoms. The van der Waals surface area contributed by atoms with Crippen LogP contribution in [0.3, 0.4) is 0 Å². The molecule has 2 rings (SSSR count). The Hall–Kier alpha value is -0.120. The smallest absolute Gasteiger partial charge is 0.0634 e. The molecule has 0 atom stereocenters. The second kappa shape index (κ2) is 4.94. The molecule has 1 aliphatic heterocycles. The fourth-order valence-electron chi connectivity index (χ4n) is 2.39. The Bertz CT molecular complexity index is 135. The largest absolute Gasteiger partial charge is 0.290 e. The monoisotopic (exact) mass is 183 g/mol. The van der Waals surface area contributed by atoms with E-state index < -0.39 is 0 Å². The number of nitrogens with zero attached hydrogens (tertiary/aromatic N) is 1. The van der Waals surface area contributed by atoms with Crippen molar-refractivity contribution in [1.82, 2.24) is 15.8 Å². The van der Waals surface area contributed by atoms with E-state index in [-0.39, 0.29) is 0 Å². The molecule has 0 bridgehead atoms. The molecule has 0 aromatic rings. The van der Waals surface area contributed by atoms with Gasteiger partial charge in [-0.3, -0.25) is 5.32 Å². The summed E-state index contributed by atoms with van der Waals surface area (Å²) in [7, 11) is 0. The first-order valence-electron chi connectivity index (χ1n) is 5.68. The molecule has 1 saturated carbocycles. The van der Waals surface area contributed by atoms with Crippen molar-refractivity contribution in [3.63, 3.8) is 0 Å². The van der Waals surface area contributed by atoms with Gasteiger partial charge in [-0.05, 0) is 12.8 Å². The lowest BCUT2D eigenvalue weighted by Gasteiger charge is -2.28. The van der Waals surface area contributed by atoms with Gasteiger partial charge in [0.2, 0.25) is 0 Å². The summed E-state index contributed by atoms with van der Waals surface area (Å²) >= 11 is 0. The van der Waals surface area contributed by atoms with E-state index in [9.17, 15) is 0 Å². The molecular weight excluding hydrogens is 162 g/mol. The van der Waals surface area contributed by atoms with Gasteiger partial charge in [-0.1, -0.05) is 32.1 Å². The zero-order valence-electron chi connectivity index (χ0n) is 8.39. The van der Waals surface area contributed by atoms with E-state index in [0.717, 1.165) is 19.4 Å². The van der Waals surface area contributed by atoms with Gasteiger partial charge in [-0.25, -0.2) is 10.4 Å². The van der Waals surface area contributed by atoms with Crippen LogP contribution in [0.25, 0.3) is 0 Å². The first-order chi connectivity index (χ1) is 6.47. The summed E-state index contributed by atoms with van der Waals surface area (Å²) in [4.78, 5) is 0. The van der Waals surface area contributed by atoms with Gasteiger partial charge in [-0.15, -0.1) is 0 Å². The zero-order valence-corrected chi connectivity index (χ0v) is 8.39. The van der Waals surface area contributed by atoms with E-state index in [1.807, 2.05) is 0 Å². The molecule has 2 N–H and O–H groups in total. The van der Waals surface area contributed by atoms with Crippen LogP contribution in [0.4, 0.5) is 0 Å². The maximum atomic E-state index is 3.40. The van der Waals surface area contributed by atoms with Gasteiger partial charge in [0.25, 0.3) is 0 Å². The Kier molecular flexibility index (Phi) is 3.58. The lowest BCUT2D eigenvalue weighted by molar-refractivity contribution is 0.144. The van der Waals surface area contributed by atoms with Gasteiger partial charge in [0.05, 0.1) is 13.3 Å². The molecule has 1 aliphatic carbocycles. The normalized spacial score (nSPS) is 28.6. The van der Waals surface area contributed by atoms with Crippen molar-refractivity contribution in [1.29, 1.82) is 0 Å². The van der Waals surface area contributed by atoms with E-state index in [1.165, 1.54) is 44.9 Å². The van der Waals surface area contributed by atoms with E-state index in [1.54, 1.807) is 0 Å². The van der Waals surface area contributed by atoms with Crippen molar-refractivity contribution in [2.24, 2.45) is 0 Å². The summed E-state index contributed by atoms with van der Waals surface area (Å²) in [6.45, 7) is 1.99. The number of hydrazine groups is 1. The minimum Gasteiger partial charge on any atom is -0.290 e. The first kappa shape index (κ1) is 9.44. The maximum Gasteiger partial charge on any atom is 0.0634 e. The van der Waals surface area contributed by atoms with Crippen LogP contribution < -0.4 is 10.7 Å². The summed E-state index contributed by atoms with van der Waals surface area (Å²) in [6, 6.07) is 0.787. The SMILES string of the molecule is C1CCCC(N2CNCN2)CCC1. The molecule has 0 radical (unpaired) electrons. The molecule has 0 unspecified atom stereocenters. The minimum atomic E-state index is 0.787. The number of hydrogen-bond acceptors (Lipinski definition) is 3. The van der Waals surface area contributed by atoms with Crippen LogP contribution in [0.1, 0.15) is 44.9 Å². The fourth-order valence-corrected chi connectivity index (χ4v) is 2.39. The lowest BCUT2D eigenvalue weighted by Crippen LogP contribution is -2.41. The summed E-state index contributed by atoms with van der Waals surface area (Å²) in [5.41, 5.74) is 3.40. The summed E-state index contributed by atoms with van der Waals surface area (Å²) in [6.07, 6.45) is 9.95. The zero-order chi connectivity index (χ0) is 8.93. The van der Waals surface area contributed by atoms with Gasteiger partial charge < -0.3 is 0 Å². The molecular formula is C10H21N3. The number of hydrogen-bond donors (Lipinski definition) is 2. The van der Waals surface area contributed by atoms with Crippen molar-refractivity contribution in [2.45, 2.75) is 51.0 Å². The van der Waals surface area contributed by atoms with Gasteiger partial charge in [-0.2, -0.15) is 0 Å². The molecule has 76 valence electrons. The van der Waals surface area contributed by atoms with E-state index in [4.69, 9.17) is 0 Å². The molecule has 1 heterocycles. The Labute approximate surface area is 80.8 Å². The van der Waals surface area contributed by atoms with E-state index in [0.29, 0.717) is 0 Å². The Morgan fingerprint density at radius 2 is 1.62 bits per heavy atom. The predicted molar refractivity (Wildman–Crippen MR) is 54.0 cm³/mol. The molecule has 0 spiro atoms. The lowest BCUT2D eigenvalue weighted by atomic mass is 9.96. The van der Waals surface area contributed by atoms with Crippen molar-refractivity contribution < 1.29 is 0 Å². The fraction of sp³-hybridized carbons (Fsp3) is 1.00. The van der Waals surface area contributed by atoms with Crippen LogP contribution in [-0.4, -0.2) is 24.4 Å². The first-order valence-corrected chi connectivity index (χ1v) is 5.68. The van der Waals surface area contributed by atoms with E-state index >= 15 is 0 Å². The summed E-state index contributed by atoms with van der Waals surface area (Å²) < 4.78 is 0. The topological polar surface area (TPSA) is 27.3 Å². The van der Waals surface area contributed by atoms with Crippen molar-refractivity contribution >= 4 is 0 Å². The molecule has 2 aliphatic rings. The summed E-state index contributed by atoms with van der Waals surface area (Å²) in [5, 5.41) is 5.71. The number of rotatable bonds is 1. The van der Waals surface area contributed by atoms with Gasteiger partial charge in [0.1, 0.15) is 0 Å². The third-order valence-corrected chi connectivity index (χ3v) is 3.20. The average Bonchev–Trinajstić information content (AvgIpc) is 2.55. The molecule has 0 aromatic heterocycles. The van der Waals surface area contributed by atoms with Crippen LogP contribution in [0.2, 0.25) is 0 Å². The van der Waals surface area contributed by atoms with E-state index in [2.05, 4.69) is 15.8 Å². The molecule has 0 aromatic carbocycles. The Morgan fingerprint density at radius 3 is 2.23 bits per heavy atom. The summed E-state index contributed by atoms with van der Waals surface area (Å²) in [5.74, 6) is 0.